The monoisotopic (exact) mass is 235 g/mol. The fourth-order valence-corrected chi connectivity index (χ4v) is 1.38. The van der Waals surface area contributed by atoms with E-state index in [1.54, 1.807) is 13.2 Å². The molecule has 1 aromatic rings. The minimum Gasteiger partial charge on any atom is -0.497 e. The van der Waals surface area contributed by atoms with Crippen LogP contribution in [0.4, 0.5) is 5.69 Å². The maximum atomic E-state index is 10.7. The van der Waals surface area contributed by atoms with E-state index in [0.29, 0.717) is 18.5 Å². The Morgan fingerprint density at radius 3 is 2.53 bits per heavy atom. The van der Waals surface area contributed by atoms with Crippen molar-refractivity contribution in [2.24, 2.45) is 0 Å². The summed E-state index contributed by atoms with van der Waals surface area (Å²) in [5.41, 5.74) is 1.36. The van der Waals surface area contributed by atoms with Crippen LogP contribution < -0.4 is 10.1 Å². The molecule has 0 saturated carbocycles. The van der Waals surface area contributed by atoms with Gasteiger partial charge in [-0.2, -0.15) is 0 Å². The molecule has 0 bridgehead atoms. The van der Waals surface area contributed by atoms with Crippen molar-refractivity contribution in [1.29, 1.82) is 0 Å². The molecule has 1 rings (SSSR count). The van der Waals surface area contributed by atoms with Gasteiger partial charge in [-0.1, -0.05) is 13.0 Å². The minimum atomic E-state index is -0.857. The summed E-state index contributed by atoms with van der Waals surface area (Å²) in [5, 5.41) is 11.9. The molecule has 2 N–H and O–H groups in total. The molecular weight excluding hydrogens is 218 g/mol. The first-order chi connectivity index (χ1) is 8.17. The number of nitrogens with one attached hydrogen (secondary N) is 1. The third-order valence-corrected chi connectivity index (χ3v) is 2.40. The predicted molar refractivity (Wildman–Crippen MR) is 67.5 cm³/mol. The third-order valence-electron chi connectivity index (χ3n) is 2.40. The summed E-state index contributed by atoms with van der Waals surface area (Å²) in [5.74, 6) is -0.0603. The molecule has 92 valence electrons. The molecule has 0 unspecified atom stereocenters. The van der Waals surface area contributed by atoms with E-state index in [0.717, 1.165) is 11.4 Å². The molecule has 4 heteroatoms. The lowest BCUT2D eigenvalue weighted by molar-refractivity contribution is -0.132. The zero-order chi connectivity index (χ0) is 12.7. The van der Waals surface area contributed by atoms with Crippen LogP contribution in [0.25, 0.3) is 0 Å². The number of methoxy groups -OCH3 is 1. The average Bonchev–Trinajstić information content (AvgIpc) is 2.35. The third kappa shape index (κ3) is 4.18. The maximum Gasteiger partial charge on any atom is 0.331 e. The van der Waals surface area contributed by atoms with Gasteiger partial charge in [0.1, 0.15) is 5.75 Å². The number of anilines is 1. The summed E-state index contributed by atoms with van der Waals surface area (Å²) < 4.78 is 5.04. The first kappa shape index (κ1) is 13.1. The zero-order valence-electron chi connectivity index (χ0n) is 10.1. The van der Waals surface area contributed by atoms with Crippen LogP contribution in [0.1, 0.15) is 13.3 Å². The van der Waals surface area contributed by atoms with Crippen LogP contribution >= 0.6 is 0 Å². The number of rotatable bonds is 6. The van der Waals surface area contributed by atoms with Gasteiger partial charge in [0, 0.05) is 17.8 Å². The van der Waals surface area contributed by atoms with Crippen LogP contribution in [-0.4, -0.2) is 24.7 Å². The lowest BCUT2D eigenvalue weighted by Gasteiger charge is -2.05. The predicted octanol–water partition coefficient (Wildman–Crippen LogP) is 2.53. The van der Waals surface area contributed by atoms with Crippen molar-refractivity contribution in [2.75, 3.05) is 19.0 Å². The fourth-order valence-electron chi connectivity index (χ4n) is 1.38. The number of hydrogen-bond acceptors (Lipinski definition) is 3. The number of carboxylic acids is 1. The number of hydrogen-bond donors (Lipinski definition) is 2. The lowest BCUT2D eigenvalue weighted by Crippen LogP contribution is -2.04. The molecule has 0 aliphatic carbocycles. The van der Waals surface area contributed by atoms with E-state index >= 15 is 0 Å². The van der Waals surface area contributed by atoms with Gasteiger partial charge in [-0.05, 0) is 30.7 Å². The van der Waals surface area contributed by atoms with Gasteiger partial charge in [0.05, 0.1) is 7.11 Å². The van der Waals surface area contributed by atoms with Crippen molar-refractivity contribution in [3.63, 3.8) is 0 Å². The SMILES string of the molecule is CC/C(=C/CNc1ccc(OC)cc1)C(=O)O. The Kier molecular flexibility index (Phi) is 5.07. The van der Waals surface area contributed by atoms with Gasteiger partial charge in [0.15, 0.2) is 0 Å². The van der Waals surface area contributed by atoms with Gasteiger partial charge in [0.25, 0.3) is 0 Å². The highest BCUT2D eigenvalue weighted by atomic mass is 16.5. The smallest absolute Gasteiger partial charge is 0.331 e. The van der Waals surface area contributed by atoms with E-state index in [2.05, 4.69) is 5.32 Å². The Morgan fingerprint density at radius 2 is 2.06 bits per heavy atom. The molecule has 0 fully saturated rings. The molecule has 0 aromatic heterocycles. The lowest BCUT2D eigenvalue weighted by atomic mass is 10.2. The second-order valence-electron chi connectivity index (χ2n) is 3.50. The number of carbonyl (C=O) groups is 1. The molecule has 0 aliphatic rings. The Morgan fingerprint density at radius 1 is 1.41 bits per heavy atom. The molecule has 0 amide bonds. The number of benzene rings is 1. The van der Waals surface area contributed by atoms with Crippen LogP contribution in [0.5, 0.6) is 5.75 Å². The summed E-state index contributed by atoms with van der Waals surface area (Å²) in [6.45, 7) is 2.33. The molecule has 0 heterocycles. The second kappa shape index (κ2) is 6.58. The molecule has 0 aliphatic heterocycles. The molecule has 0 saturated heterocycles. The molecule has 0 atom stereocenters. The van der Waals surface area contributed by atoms with Crippen molar-refractivity contribution in [3.05, 3.63) is 35.9 Å². The summed E-state index contributed by atoms with van der Waals surface area (Å²) in [7, 11) is 1.62. The molecule has 0 radical (unpaired) electrons. The summed E-state index contributed by atoms with van der Waals surface area (Å²) >= 11 is 0. The van der Waals surface area contributed by atoms with Crippen molar-refractivity contribution >= 4 is 11.7 Å². The van der Waals surface area contributed by atoms with E-state index < -0.39 is 5.97 Å². The number of carboxylic acid groups (broad SMARTS) is 1. The van der Waals surface area contributed by atoms with Gasteiger partial charge < -0.3 is 15.2 Å². The van der Waals surface area contributed by atoms with Crippen LogP contribution in [0.2, 0.25) is 0 Å². The van der Waals surface area contributed by atoms with Gasteiger partial charge >= 0.3 is 5.97 Å². The minimum absolute atomic E-state index is 0.422. The van der Waals surface area contributed by atoms with Gasteiger partial charge in [-0.25, -0.2) is 4.79 Å². The maximum absolute atomic E-state index is 10.7. The standard InChI is InChI=1S/C13H17NO3/c1-3-10(13(15)16)8-9-14-11-4-6-12(17-2)7-5-11/h4-8,14H,3,9H2,1-2H3,(H,15,16)/b10-8-. The fraction of sp³-hybridized carbons (Fsp3) is 0.308. The zero-order valence-corrected chi connectivity index (χ0v) is 10.1. The van der Waals surface area contributed by atoms with E-state index in [-0.39, 0.29) is 0 Å². The van der Waals surface area contributed by atoms with Crippen LogP contribution in [0.3, 0.4) is 0 Å². The van der Waals surface area contributed by atoms with Gasteiger partial charge in [-0.3, -0.25) is 0 Å². The molecule has 17 heavy (non-hydrogen) atoms. The summed E-state index contributed by atoms with van der Waals surface area (Å²) in [4.78, 5) is 10.7. The Hall–Kier alpha value is -1.97. The average molecular weight is 235 g/mol. The Bertz CT molecular complexity index is 396. The largest absolute Gasteiger partial charge is 0.497 e. The van der Waals surface area contributed by atoms with E-state index in [9.17, 15) is 4.79 Å². The first-order valence-corrected chi connectivity index (χ1v) is 5.47. The van der Waals surface area contributed by atoms with Crippen molar-refractivity contribution < 1.29 is 14.6 Å². The Balaban J connectivity index is 2.52. The van der Waals surface area contributed by atoms with E-state index in [4.69, 9.17) is 9.84 Å². The van der Waals surface area contributed by atoms with Crippen LogP contribution in [0.15, 0.2) is 35.9 Å². The summed E-state index contributed by atoms with van der Waals surface area (Å²) in [6.07, 6.45) is 2.21. The first-order valence-electron chi connectivity index (χ1n) is 5.47. The summed E-state index contributed by atoms with van der Waals surface area (Å²) in [6, 6.07) is 7.48. The van der Waals surface area contributed by atoms with Crippen molar-refractivity contribution in [1.82, 2.24) is 0 Å². The van der Waals surface area contributed by atoms with Gasteiger partial charge in [-0.15, -0.1) is 0 Å². The normalized spacial score (nSPS) is 11.1. The highest BCUT2D eigenvalue weighted by molar-refractivity contribution is 5.86. The van der Waals surface area contributed by atoms with E-state index in [1.165, 1.54) is 0 Å². The van der Waals surface area contributed by atoms with E-state index in [1.807, 2.05) is 31.2 Å². The second-order valence-corrected chi connectivity index (χ2v) is 3.50. The van der Waals surface area contributed by atoms with Crippen molar-refractivity contribution in [3.8, 4) is 5.75 Å². The number of ether oxygens (including phenoxy) is 1. The molecule has 4 nitrogen and oxygen atoms in total. The molecule has 1 aromatic carbocycles. The highest BCUT2D eigenvalue weighted by Crippen LogP contribution is 2.14. The molecule has 0 spiro atoms. The van der Waals surface area contributed by atoms with Crippen LogP contribution in [-0.2, 0) is 4.79 Å². The topological polar surface area (TPSA) is 58.6 Å². The molecular formula is C13H17NO3. The Labute approximate surface area is 101 Å². The highest BCUT2D eigenvalue weighted by Gasteiger charge is 2.02. The van der Waals surface area contributed by atoms with Crippen molar-refractivity contribution in [2.45, 2.75) is 13.3 Å². The van der Waals surface area contributed by atoms with Crippen LogP contribution in [0, 0.1) is 0 Å². The quantitative estimate of drug-likeness (QED) is 0.744. The van der Waals surface area contributed by atoms with Gasteiger partial charge in [0.2, 0.25) is 0 Å². The number of aliphatic carboxylic acids is 1.